The van der Waals surface area contributed by atoms with Crippen LogP contribution in [0.3, 0.4) is 0 Å². The minimum Gasteiger partial charge on any atom is -0.469 e. The Labute approximate surface area is 158 Å². The van der Waals surface area contributed by atoms with E-state index < -0.39 is 17.4 Å². The maximum absolute atomic E-state index is 14.2. The van der Waals surface area contributed by atoms with Crippen molar-refractivity contribution < 1.29 is 28.2 Å². The molecule has 1 aromatic carbocycles. The first-order valence-corrected chi connectivity index (χ1v) is 9.17. The number of nitrogens with zero attached hydrogens (tertiary/aromatic N) is 1. The Morgan fingerprint density at radius 1 is 1.22 bits per heavy atom. The maximum Gasteiger partial charge on any atom is 0.314 e. The highest BCUT2D eigenvalue weighted by molar-refractivity contribution is 5.83. The van der Waals surface area contributed by atoms with Gasteiger partial charge in [-0.2, -0.15) is 0 Å². The molecule has 1 aliphatic rings. The van der Waals surface area contributed by atoms with E-state index in [4.69, 9.17) is 4.74 Å². The van der Waals surface area contributed by atoms with Gasteiger partial charge in [0.2, 0.25) is 5.91 Å². The monoisotopic (exact) mass is 379 g/mol. The average molecular weight is 379 g/mol. The number of hydrogen-bond donors (Lipinski definition) is 0. The lowest BCUT2D eigenvalue weighted by Gasteiger charge is -2.41. The highest BCUT2D eigenvalue weighted by atomic mass is 19.1. The van der Waals surface area contributed by atoms with Crippen molar-refractivity contribution in [3.8, 4) is 0 Å². The van der Waals surface area contributed by atoms with Gasteiger partial charge in [0, 0.05) is 19.5 Å². The zero-order valence-corrected chi connectivity index (χ0v) is 15.8. The molecule has 1 amide bonds. The van der Waals surface area contributed by atoms with Crippen LogP contribution < -0.4 is 0 Å². The Bertz CT molecular complexity index is 693. The molecule has 148 valence electrons. The third-order valence-electron chi connectivity index (χ3n) is 4.90. The van der Waals surface area contributed by atoms with E-state index in [-0.39, 0.29) is 44.1 Å². The van der Waals surface area contributed by atoms with Crippen LogP contribution >= 0.6 is 0 Å². The maximum atomic E-state index is 14.2. The van der Waals surface area contributed by atoms with Gasteiger partial charge in [-0.3, -0.25) is 14.4 Å². The third-order valence-corrected chi connectivity index (χ3v) is 4.90. The number of rotatable bonds is 7. The number of piperidine rings is 1. The van der Waals surface area contributed by atoms with Crippen molar-refractivity contribution >= 4 is 17.8 Å². The van der Waals surface area contributed by atoms with E-state index in [1.165, 1.54) is 13.2 Å². The summed E-state index contributed by atoms with van der Waals surface area (Å²) in [5.41, 5.74) is -0.563. The molecular formula is C20H26FNO5. The standard InChI is InChI=1S/C20H26FNO5/c1-3-27-19(25)20(13-15-7-4-5-8-16(15)21)11-6-12-22(14-20)17(23)9-10-18(24)26-2/h4-5,7-8H,3,6,9-14H2,1-2H3. The van der Waals surface area contributed by atoms with Crippen molar-refractivity contribution in [2.45, 2.75) is 39.0 Å². The fourth-order valence-electron chi connectivity index (χ4n) is 3.49. The molecule has 1 saturated heterocycles. The minimum atomic E-state index is -0.989. The average Bonchev–Trinajstić information content (AvgIpc) is 2.68. The van der Waals surface area contributed by atoms with E-state index in [1.54, 1.807) is 30.0 Å². The summed E-state index contributed by atoms with van der Waals surface area (Å²) in [6, 6.07) is 6.32. The number of amides is 1. The quantitative estimate of drug-likeness (QED) is 0.681. The van der Waals surface area contributed by atoms with Crippen LogP contribution in [0.1, 0.15) is 38.2 Å². The van der Waals surface area contributed by atoms with Crippen LogP contribution in [0.25, 0.3) is 0 Å². The number of likely N-dealkylation sites (tertiary alicyclic amines) is 1. The minimum absolute atomic E-state index is 0.00838. The molecule has 1 atom stereocenters. The number of benzene rings is 1. The predicted octanol–water partition coefficient (Wildman–Crippen LogP) is 2.49. The van der Waals surface area contributed by atoms with Gasteiger partial charge in [0.25, 0.3) is 0 Å². The van der Waals surface area contributed by atoms with Gasteiger partial charge >= 0.3 is 11.9 Å². The smallest absolute Gasteiger partial charge is 0.314 e. The first-order valence-electron chi connectivity index (χ1n) is 9.17. The Kier molecular flexibility index (Phi) is 7.33. The molecule has 1 fully saturated rings. The van der Waals surface area contributed by atoms with E-state index in [0.717, 1.165) is 0 Å². The third kappa shape index (κ3) is 5.28. The van der Waals surface area contributed by atoms with Crippen LogP contribution in [0, 0.1) is 11.2 Å². The second-order valence-electron chi connectivity index (χ2n) is 6.76. The largest absolute Gasteiger partial charge is 0.469 e. The van der Waals surface area contributed by atoms with E-state index in [9.17, 15) is 18.8 Å². The van der Waals surface area contributed by atoms with Gasteiger partial charge in [-0.1, -0.05) is 18.2 Å². The lowest BCUT2D eigenvalue weighted by atomic mass is 9.74. The summed E-state index contributed by atoms with van der Waals surface area (Å²) in [5, 5.41) is 0. The van der Waals surface area contributed by atoms with Crippen molar-refractivity contribution in [1.29, 1.82) is 0 Å². The number of carbonyl (C=O) groups excluding carboxylic acids is 3. The van der Waals surface area contributed by atoms with Crippen molar-refractivity contribution in [3.05, 3.63) is 35.6 Å². The SMILES string of the molecule is CCOC(=O)C1(Cc2ccccc2F)CCCN(C(=O)CCC(=O)OC)C1. The van der Waals surface area contributed by atoms with Crippen LogP contribution in [-0.2, 0) is 30.3 Å². The molecule has 0 saturated carbocycles. The van der Waals surface area contributed by atoms with Crippen LogP contribution in [0.4, 0.5) is 4.39 Å². The van der Waals surface area contributed by atoms with Gasteiger partial charge in [0.1, 0.15) is 5.82 Å². The van der Waals surface area contributed by atoms with Crippen molar-refractivity contribution in [2.24, 2.45) is 5.41 Å². The fourth-order valence-corrected chi connectivity index (χ4v) is 3.49. The first-order chi connectivity index (χ1) is 12.9. The molecule has 1 aliphatic heterocycles. The molecule has 27 heavy (non-hydrogen) atoms. The molecule has 0 N–H and O–H groups in total. The molecule has 1 heterocycles. The topological polar surface area (TPSA) is 72.9 Å². The zero-order valence-electron chi connectivity index (χ0n) is 15.8. The molecule has 0 radical (unpaired) electrons. The van der Waals surface area contributed by atoms with Gasteiger partial charge < -0.3 is 14.4 Å². The second kappa shape index (κ2) is 9.48. The van der Waals surface area contributed by atoms with Crippen LogP contribution in [0.2, 0.25) is 0 Å². The number of esters is 2. The van der Waals surface area contributed by atoms with Crippen LogP contribution in [-0.4, -0.2) is 49.6 Å². The van der Waals surface area contributed by atoms with E-state index >= 15 is 0 Å². The van der Waals surface area contributed by atoms with Gasteiger partial charge in [0.05, 0.1) is 25.6 Å². The van der Waals surface area contributed by atoms with Crippen molar-refractivity contribution in [2.75, 3.05) is 26.8 Å². The Balaban J connectivity index is 2.20. The summed E-state index contributed by atoms with van der Waals surface area (Å²) in [4.78, 5) is 38.1. The summed E-state index contributed by atoms with van der Waals surface area (Å²) in [5.74, 6) is -1.47. The molecule has 0 aromatic heterocycles. The molecular weight excluding hydrogens is 353 g/mol. The Morgan fingerprint density at radius 2 is 1.96 bits per heavy atom. The molecule has 6 nitrogen and oxygen atoms in total. The van der Waals surface area contributed by atoms with Crippen molar-refractivity contribution in [1.82, 2.24) is 4.90 Å². The number of hydrogen-bond acceptors (Lipinski definition) is 5. The molecule has 0 spiro atoms. The predicted molar refractivity (Wildman–Crippen MR) is 96.2 cm³/mol. The lowest BCUT2D eigenvalue weighted by molar-refractivity contribution is -0.161. The molecule has 7 heteroatoms. The van der Waals surface area contributed by atoms with Crippen LogP contribution in [0.5, 0.6) is 0 Å². The molecule has 2 rings (SSSR count). The van der Waals surface area contributed by atoms with Gasteiger partial charge in [-0.25, -0.2) is 4.39 Å². The van der Waals surface area contributed by atoms with E-state index in [2.05, 4.69) is 4.74 Å². The number of methoxy groups -OCH3 is 1. The summed E-state index contributed by atoms with van der Waals surface area (Å²) in [6.45, 7) is 2.59. The number of ether oxygens (including phenoxy) is 2. The first kappa shape index (κ1) is 20.9. The molecule has 0 bridgehead atoms. The zero-order chi connectivity index (χ0) is 19.9. The number of carbonyl (C=O) groups is 3. The summed E-state index contributed by atoms with van der Waals surface area (Å²) in [7, 11) is 1.27. The highest BCUT2D eigenvalue weighted by Crippen LogP contribution is 2.36. The Morgan fingerprint density at radius 3 is 2.63 bits per heavy atom. The summed E-state index contributed by atoms with van der Waals surface area (Å²) >= 11 is 0. The second-order valence-corrected chi connectivity index (χ2v) is 6.76. The summed E-state index contributed by atoms with van der Waals surface area (Å²) < 4.78 is 24.0. The normalized spacial score (nSPS) is 19.4. The van der Waals surface area contributed by atoms with E-state index in [0.29, 0.717) is 24.9 Å². The summed E-state index contributed by atoms with van der Waals surface area (Å²) in [6.07, 6.45) is 1.30. The van der Waals surface area contributed by atoms with Crippen LogP contribution in [0.15, 0.2) is 24.3 Å². The lowest BCUT2D eigenvalue weighted by Crippen LogP contribution is -2.51. The van der Waals surface area contributed by atoms with Gasteiger partial charge in [-0.05, 0) is 37.8 Å². The molecule has 1 aromatic rings. The molecule has 1 unspecified atom stereocenters. The Hall–Kier alpha value is -2.44. The van der Waals surface area contributed by atoms with E-state index in [1.807, 2.05) is 0 Å². The molecule has 0 aliphatic carbocycles. The fraction of sp³-hybridized carbons (Fsp3) is 0.550. The van der Waals surface area contributed by atoms with Crippen molar-refractivity contribution in [3.63, 3.8) is 0 Å². The number of halogens is 1. The van der Waals surface area contributed by atoms with Gasteiger partial charge in [-0.15, -0.1) is 0 Å². The highest BCUT2D eigenvalue weighted by Gasteiger charge is 2.45. The van der Waals surface area contributed by atoms with Gasteiger partial charge in [0.15, 0.2) is 0 Å².